The lowest BCUT2D eigenvalue weighted by atomic mass is 10.2. The largest absolute Gasteiger partial charge is 0.368 e. The van der Waals surface area contributed by atoms with Crippen molar-refractivity contribution in [2.75, 3.05) is 16.8 Å². The van der Waals surface area contributed by atoms with Crippen molar-refractivity contribution >= 4 is 50.3 Å². The predicted molar refractivity (Wildman–Crippen MR) is 98.5 cm³/mol. The highest BCUT2D eigenvalue weighted by molar-refractivity contribution is 7.99. The zero-order chi connectivity index (χ0) is 17.3. The Balaban J connectivity index is 1.82. The van der Waals surface area contributed by atoms with Crippen LogP contribution < -0.4 is 11.1 Å². The van der Waals surface area contributed by atoms with Gasteiger partial charge in [0, 0.05) is 0 Å². The molecule has 1 unspecified atom stereocenters. The molecule has 1 amide bonds. The van der Waals surface area contributed by atoms with E-state index < -0.39 is 6.04 Å². The molecule has 0 saturated carbocycles. The Labute approximate surface area is 147 Å². The second kappa shape index (κ2) is 6.78. The molecule has 3 rings (SSSR count). The average Bonchev–Trinajstić information content (AvgIpc) is 3.09. The summed E-state index contributed by atoms with van der Waals surface area (Å²) in [4.78, 5) is 17.0. The summed E-state index contributed by atoms with van der Waals surface area (Å²) in [6.07, 6.45) is 0. The molecule has 0 aliphatic carbocycles. The Hall–Kier alpha value is -2.13. The van der Waals surface area contributed by atoms with E-state index in [-0.39, 0.29) is 11.9 Å². The monoisotopic (exact) mass is 362 g/mol. The van der Waals surface area contributed by atoms with Crippen molar-refractivity contribution in [3.8, 4) is 0 Å². The highest BCUT2D eigenvalue weighted by atomic mass is 32.2. The van der Waals surface area contributed by atoms with Crippen LogP contribution in [-0.2, 0) is 4.79 Å². The maximum Gasteiger partial charge on any atom is 0.249 e. The molecule has 0 aliphatic heterocycles. The number of anilines is 2. The van der Waals surface area contributed by atoms with Crippen molar-refractivity contribution in [3.05, 3.63) is 23.8 Å². The standard InChI is InChI=1S/C15H18N6OS2/c1-4-23-15-20-19-13(16)21(15)9(3)12(22)18-14-17-10-6-5-8(2)7-11(10)24-14/h5-7,9H,4H2,1-3H3,(H2,16,19)(H,17,18,22). The summed E-state index contributed by atoms with van der Waals surface area (Å²) >= 11 is 2.95. The van der Waals surface area contributed by atoms with Crippen molar-refractivity contribution in [1.82, 2.24) is 19.7 Å². The number of rotatable bonds is 5. The smallest absolute Gasteiger partial charge is 0.249 e. The van der Waals surface area contributed by atoms with E-state index >= 15 is 0 Å². The van der Waals surface area contributed by atoms with Crippen molar-refractivity contribution in [2.24, 2.45) is 0 Å². The molecular weight excluding hydrogens is 344 g/mol. The summed E-state index contributed by atoms with van der Waals surface area (Å²) in [7, 11) is 0. The molecule has 0 radical (unpaired) electrons. The maximum atomic E-state index is 12.6. The van der Waals surface area contributed by atoms with Gasteiger partial charge in [-0.15, -0.1) is 10.2 Å². The molecule has 1 atom stereocenters. The first-order chi connectivity index (χ1) is 11.5. The van der Waals surface area contributed by atoms with Crippen LogP contribution in [0.5, 0.6) is 0 Å². The fraction of sp³-hybridized carbons (Fsp3) is 0.333. The topological polar surface area (TPSA) is 98.7 Å². The summed E-state index contributed by atoms with van der Waals surface area (Å²) in [6, 6.07) is 5.48. The Kier molecular flexibility index (Phi) is 4.72. The maximum absolute atomic E-state index is 12.6. The molecule has 0 fully saturated rings. The molecule has 2 aromatic heterocycles. The Bertz CT molecular complexity index is 887. The number of nitrogen functional groups attached to an aromatic ring is 1. The minimum Gasteiger partial charge on any atom is -0.368 e. The summed E-state index contributed by atoms with van der Waals surface area (Å²) in [5.41, 5.74) is 7.90. The Morgan fingerprint density at radius 2 is 2.25 bits per heavy atom. The summed E-state index contributed by atoms with van der Waals surface area (Å²) in [6.45, 7) is 5.81. The van der Waals surface area contributed by atoms with Gasteiger partial charge >= 0.3 is 0 Å². The molecule has 0 spiro atoms. The van der Waals surface area contributed by atoms with E-state index in [4.69, 9.17) is 5.73 Å². The van der Waals surface area contributed by atoms with Crippen LogP contribution in [0.3, 0.4) is 0 Å². The first kappa shape index (κ1) is 16.7. The van der Waals surface area contributed by atoms with Gasteiger partial charge < -0.3 is 11.1 Å². The van der Waals surface area contributed by atoms with Crippen molar-refractivity contribution in [2.45, 2.75) is 32.0 Å². The minimum atomic E-state index is -0.525. The zero-order valence-corrected chi connectivity index (χ0v) is 15.2. The normalized spacial score (nSPS) is 12.5. The lowest BCUT2D eigenvalue weighted by Crippen LogP contribution is -2.25. The van der Waals surface area contributed by atoms with E-state index in [1.54, 1.807) is 11.5 Å². The average molecular weight is 362 g/mol. The van der Waals surface area contributed by atoms with Gasteiger partial charge in [-0.25, -0.2) is 4.98 Å². The summed E-state index contributed by atoms with van der Waals surface area (Å²) in [5.74, 6) is 0.854. The first-order valence-electron chi connectivity index (χ1n) is 7.50. The van der Waals surface area contributed by atoms with E-state index in [0.717, 1.165) is 21.5 Å². The third-order valence-electron chi connectivity index (χ3n) is 3.51. The second-order valence-electron chi connectivity index (χ2n) is 5.30. The number of nitrogens with one attached hydrogen (secondary N) is 1. The van der Waals surface area contributed by atoms with E-state index in [1.165, 1.54) is 23.1 Å². The Morgan fingerprint density at radius 1 is 1.46 bits per heavy atom. The fourth-order valence-corrected chi connectivity index (χ4v) is 4.01. The van der Waals surface area contributed by atoms with Crippen LogP contribution >= 0.6 is 23.1 Å². The van der Waals surface area contributed by atoms with Crippen molar-refractivity contribution in [3.63, 3.8) is 0 Å². The molecule has 0 bridgehead atoms. The zero-order valence-electron chi connectivity index (χ0n) is 13.6. The lowest BCUT2D eigenvalue weighted by Gasteiger charge is -2.15. The number of fused-ring (bicyclic) bond motifs is 1. The van der Waals surface area contributed by atoms with E-state index in [9.17, 15) is 4.79 Å². The highest BCUT2D eigenvalue weighted by Gasteiger charge is 2.22. The van der Waals surface area contributed by atoms with E-state index in [2.05, 4.69) is 26.6 Å². The van der Waals surface area contributed by atoms with Gasteiger partial charge in [0.1, 0.15) is 6.04 Å². The van der Waals surface area contributed by atoms with Crippen LogP contribution in [0.4, 0.5) is 11.1 Å². The summed E-state index contributed by atoms with van der Waals surface area (Å²) < 4.78 is 2.69. The van der Waals surface area contributed by atoms with Gasteiger partial charge in [-0.3, -0.25) is 9.36 Å². The number of thioether (sulfide) groups is 1. The van der Waals surface area contributed by atoms with Gasteiger partial charge in [0.05, 0.1) is 10.2 Å². The van der Waals surface area contributed by atoms with Gasteiger partial charge in [-0.05, 0) is 37.3 Å². The van der Waals surface area contributed by atoms with E-state index in [0.29, 0.717) is 10.3 Å². The summed E-state index contributed by atoms with van der Waals surface area (Å²) in [5, 5.41) is 12.0. The van der Waals surface area contributed by atoms with E-state index in [1.807, 2.05) is 26.0 Å². The first-order valence-corrected chi connectivity index (χ1v) is 9.31. The van der Waals surface area contributed by atoms with Crippen LogP contribution in [0, 0.1) is 6.92 Å². The van der Waals surface area contributed by atoms with Crippen LogP contribution in [0.2, 0.25) is 0 Å². The fourth-order valence-electron chi connectivity index (χ4n) is 2.29. The number of hydrogen-bond donors (Lipinski definition) is 2. The van der Waals surface area contributed by atoms with Gasteiger partial charge in [0.2, 0.25) is 11.9 Å². The SMILES string of the molecule is CCSc1nnc(N)n1C(C)C(=O)Nc1nc2ccc(C)cc2s1. The molecule has 1 aromatic carbocycles. The molecule has 3 N–H and O–H groups in total. The van der Waals surface area contributed by atoms with Crippen LogP contribution in [0.25, 0.3) is 10.2 Å². The van der Waals surface area contributed by atoms with Gasteiger partial charge in [-0.1, -0.05) is 36.1 Å². The third-order valence-corrected chi connectivity index (χ3v) is 5.26. The number of carbonyl (C=O) groups is 1. The molecular formula is C15H18N6OS2. The number of hydrogen-bond acceptors (Lipinski definition) is 7. The van der Waals surface area contributed by atoms with Crippen LogP contribution in [-0.4, -0.2) is 31.4 Å². The number of thiazole rings is 1. The van der Waals surface area contributed by atoms with Crippen LogP contribution in [0.15, 0.2) is 23.4 Å². The molecule has 9 heteroatoms. The number of aromatic nitrogens is 4. The van der Waals surface area contributed by atoms with Gasteiger partial charge in [-0.2, -0.15) is 0 Å². The number of nitrogens with two attached hydrogens (primary N) is 1. The molecule has 7 nitrogen and oxygen atoms in total. The Morgan fingerprint density at radius 3 is 3.00 bits per heavy atom. The lowest BCUT2D eigenvalue weighted by molar-refractivity contribution is -0.118. The number of carbonyl (C=O) groups excluding carboxylic acids is 1. The number of benzene rings is 1. The molecule has 3 aromatic rings. The van der Waals surface area contributed by atoms with Gasteiger partial charge in [0.25, 0.3) is 0 Å². The molecule has 0 saturated heterocycles. The minimum absolute atomic E-state index is 0.199. The third kappa shape index (κ3) is 3.22. The number of aryl methyl sites for hydroxylation is 1. The van der Waals surface area contributed by atoms with Gasteiger partial charge in [0.15, 0.2) is 10.3 Å². The molecule has 0 aliphatic rings. The van der Waals surface area contributed by atoms with Crippen LogP contribution in [0.1, 0.15) is 25.5 Å². The quantitative estimate of drug-likeness (QED) is 0.677. The molecule has 126 valence electrons. The number of amides is 1. The number of nitrogens with zero attached hydrogens (tertiary/aromatic N) is 4. The van der Waals surface area contributed by atoms with Crippen molar-refractivity contribution in [1.29, 1.82) is 0 Å². The molecule has 2 heterocycles. The molecule has 24 heavy (non-hydrogen) atoms. The second-order valence-corrected chi connectivity index (χ2v) is 7.56. The van der Waals surface area contributed by atoms with Crippen molar-refractivity contribution < 1.29 is 4.79 Å². The highest BCUT2D eigenvalue weighted by Crippen LogP contribution is 2.28. The predicted octanol–water partition coefficient (Wildman–Crippen LogP) is 3.09.